The number of ether oxygens (including phenoxy) is 1. The quantitative estimate of drug-likeness (QED) is 0.0914. The average Bonchev–Trinajstić information content (AvgIpc) is 2.97. The molecular weight excluding hydrogens is 542 g/mol. The first-order chi connectivity index (χ1) is 18.8. The van der Waals surface area contributed by atoms with Crippen LogP contribution in [0, 0.1) is 5.92 Å². The van der Waals surface area contributed by atoms with Gasteiger partial charge in [0, 0.05) is 34.9 Å². The number of carbonyl (C=O) groups excluding carboxylic acids is 3. The van der Waals surface area contributed by atoms with Crippen LogP contribution in [0.5, 0.6) is 17.2 Å². The number of rotatable bonds is 8. The van der Waals surface area contributed by atoms with Gasteiger partial charge in [0.2, 0.25) is 11.7 Å². The lowest BCUT2D eigenvalue weighted by Crippen LogP contribution is -2.35. The Morgan fingerprint density at radius 2 is 1.85 bits per heavy atom. The highest BCUT2D eigenvalue weighted by molar-refractivity contribution is 8.76. The largest absolute Gasteiger partial charge is 0.507 e. The van der Waals surface area contributed by atoms with Crippen molar-refractivity contribution < 1.29 is 34.5 Å². The highest BCUT2D eigenvalue weighted by Crippen LogP contribution is 2.47. The van der Waals surface area contributed by atoms with E-state index in [0.717, 1.165) is 5.03 Å². The van der Waals surface area contributed by atoms with E-state index >= 15 is 0 Å². The number of pyridine rings is 1. The Labute approximate surface area is 231 Å². The number of carbonyl (C=O) groups is 3. The van der Waals surface area contributed by atoms with Crippen molar-refractivity contribution in [1.29, 1.82) is 0 Å². The molecule has 10 nitrogen and oxygen atoms in total. The Morgan fingerprint density at radius 3 is 2.56 bits per heavy atom. The number of phenolic OH excluding ortho intramolecular Hbond substituents is 2. The molecule has 0 radical (unpaired) electrons. The van der Waals surface area contributed by atoms with Crippen molar-refractivity contribution in [3.8, 4) is 17.2 Å². The molecule has 39 heavy (non-hydrogen) atoms. The van der Waals surface area contributed by atoms with Gasteiger partial charge < -0.3 is 20.3 Å². The molecule has 2 aromatic carbocycles. The Morgan fingerprint density at radius 1 is 1.08 bits per heavy atom. The second-order valence-electron chi connectivity index (χ2n) is 9.08. The lowest BCUT2D eigenvalue weighted by Gasteiger charge is -2.29. The summed E-state index contributed by atoms with van der Waals surface area (Å²) in [6.45, 7) is 0.420. The topological polar surface area (TPSA) is 158 Å². The molecule has 3 aromatic rings. The summed E-state index contributed by atoms with van der Waals surface area (Å²) in [7, 11) is 4.36. The Kier molecular flexibility index (Phi) is 7.69. The maximum Gasteiger partial charge on any atom is 0.223 e. The zero-order valence-electron chi connectivity index (χ0n) is 20.8. The molecule has 1 unspecified atom stereocenters. The molecular formula is C27H25N3O7S2. The minimum Gasteiger partial charge on any atom is -0.507 e. The maximum atomic E-state index is 13.4. The van der Waals surface area contributed by atoms with E-state index in [1.165, 1.54) is 41.0 Å². The molecule has 1 atom stereocenters. The number of ketones is 2. The number of hydrogen-bond acceptors (Lipinski definition) is 11. The number of nitrogens with zero attached hydrogens (tertiary/aromatic N) is 1. The second-order valence-corrected chi connectivity index (χ2v) is 11.5. The summed E-state index contributed by atoms with van der Waals surface area (Å²) in [5.41, 5.74) is 2.93. The van der Waals surface area contributed by atoms with E-state index in [9.17, 15) is 24.6 Å². The van der Waals surface area contributed by atoms with Crippen molar-refractivity contribution in [2.75, 3.05) is 24.9 Å². The number of amides is 1. The van der Waals surface area contributed by atoms with Gasteiger partial charge in [-0.05, 0) is 48.3 Å². The van der Waals surface area contributed by atoms with Crippen LogP contribution in [-0.4, -0.2) is 57.3 Å². The van der Waals surface area contributed by atoms with Crippen molar-refractivity contribution >= 4 is 44.7 Å². The van der Waals surface area contributed by atoms with Crippen molar-refractivity contribution in [3.63, 3.8) is 0 Å². The van der Waals surface area contributed by atoms with Gasteiger partial charge in [0.15, 0.2) is 5.78 Å². The molecule has 0 bridgehead atoms. The Bertz CT molecular complexity index is 1480. The molecule has 2 aliphatic carbocycles. The monoisotopic (exact) mass is 567 g/mol. The van der Waals surface area contributed by atoms with Gasteiger partial charge in [0.25, 0.3) is 0 Å². The molecule has 0 spiro atoms. The van der Waals surface area contributed by atoms with Crippen LogP contribution in [0.1, 0.15) is 49.4 Å². The summed E-state index contributed by atoms with van der Waals surface area (Å²) >= 11 is 0. The van der Waals surface area contributed by atoms with Crippen LogP contribution in [-0.2, 0) is 17.6 Å². The van der Waals surface area contributed by atoms with E-state index in [2.05, 4.69) is 10.3 Å². The maximum absolute atomic E-state index is 13.4. The second kappa shape index (κ2) is 11.2. The average molecular weight is 568 g/mol. The number of phenols is 2. The van der Waals surface area contributed by atoms with E-state index in [4.69, 9.17) is 9.94 Å². The molecule has 202 valence electrons. The van der Waals surface area contributed by atoms with Crippen LogP contribution in [0.4, 0.5) is 5.69 Å². The van der Waals surface area contributed by atoms with E-state index in [1.807, 2.05) is 5.48 Å². The first-order valence-electron chi connectivity index (χ1n) is 12.1. The lowest BCUT2D eigenvalue weighted by molar-refractivity contribution is -0.125. The van der Waals surface area contributed by atoms with Crippen molar-refractivity contribution in [3.05, 3.63) is 69.9 Å². The fraction of sp³-hybridized carbons (Fsp3) is 0.259. The van der Waals surface area contributed by atoms with Crippen LogP contribution in [0.3, 0.4) is 0 Å². The first kappa shape index (κ1) is 26.9. The van der Waals surface area contributed by atoms with Crippen LogP contribution >= 0.6 is 21.6 Å². The number of aromatic nitrogens is 1. The molecule has 0 aliphatic heterocycles. The highest BCUT2D eigenvalue weighted by Gasteiger charge is 2.41. The van der Waals surface area contributed by atoms with Gasteiger partial charge in [-0.15, -0.1) is 0 Å². The summed E-state index contributed by atoms with van der Waals surface area (Å²) in [5.74, 6) is -1.64. The summed E-state index contributed by atoms with van der Waals surface area (Å²) in [6, 6.07) is 8.10. The molecule has 1 aromatic heterocycles. The van der Waals surface area contributed by atoms with Gasteiger partial charge in [-0.2, -0.15) is 0 Å². The van der Waals surface area contributed by atoms with Gasteiger partial charge in [-0.25, -0.2) is 4.98 Å². The molecule has 2 aliphatic rings. The summed E-state index contributed by atoms with van der Waals surface area (Å²) < 4.78 is 5.27. The molecule has 0 saturated carbocycles. The summed E-state index contributed by atoms with van der Waals surface area (Å²) in [6.07, 6.45) is 2.34. The number of aromatic hydroxyl groups is 2. The third-order valence-corrected chi connectivity index (χ3v) is 9.16. The number of benzene rings is 2. The van der Waals surface area contributed by atoms with Gasteiger partial charge in [-0.1, -0.05) is 22.9 Å². The fourth-order valence-corrected chi connectivity index (χ4v) is 6.76. The van der Waals surface area contributed by atoms with E-state index < -0.39 is 17.5 Å². The summed E-state index contributed by atoms with van der Waals surface area (Å²) in [4.78, 5) is 43.8. The van der Waals surface area contributed by atoms with Crippen LogP contribution < -0.4 is 15.5 Å². The normalized spacial score (nSPS) is 15.7. The van der Waals surface area contributed by atoms with Gasteiger partial charge >= 0.3 is 0 Å². The first-order valence-corrected chi connectivity index (χ1v) is 14.5. The Hall–Kier alpha value is -3.74. The number of nitrogens with one attached hydrogen (secondary N) is 2. The van der Waals surface area contributed by atoms with E-state index in [1.54, 1.807) is 24.3 Å². The van der Waals surface area contributed by atoms with Crippen molar-refractivity contribution in [1.82, 2.24) is 10.3 Å². The Balaban J connectivity index is 1.27. The number of anilines is 1. The lowest BCUT2D eigenvalue weighted by atomic mass is 9.75. The van der Waals surface area contributed by atoms with Gasteiger partial charge in [0.1, 0.15) is 22.3 Å². The smallest absolute Gasteiger partial charge is 0.223 e. The number of methoxy groups -OCH3 is 1. The number of fused-ring (bicyclic) bond motifs is 3. The fourth-order valence-electron chi connectivity index (χ4n) is 4.99. The van der Waals surface area contributed by atoms with Crippen molar-refractivity contribution in [2.24, 2.45) is 5.92 Å². The molecule has 1 heterocycles. The summed E-state index contributed by atoms with van der Waals surface area (Å²) in [5, 5.41) is 34.8. The van der Waals surface area contributed by atoms with Gasteiger partial charge in [0.05, 0.1) is 35.7 Å². The predicted octanol–water partition coefficient (Wildman–Crippen LogP) is 3.74. The minimum absolute atomic E-state index is 0.0613. The third-order valence-electron chi connectivity index (χ3n) is 6.89. The van der Waals surface area contributed by atoms with E-state index in [0.29, 0.717) is 35.5 Å². The number of hydrogen-bond donors (Lipinski definition) is 5. The van der Waals surface area contributed by atoms with Crippen LogP contribution in [0.2, 0.25) is 0 Å². The standard InChI is InChI=1S/C27H25N3O7S2/c1-37-18-4-2-3-16-20(18)26(34)22-21(24(16)32)25(33)17-11-13(5-7-15(17)23(22)31)27(35)28-9-10-38-39-19-8-6-14(30-36)12-29-19/h2-4,6,8,12-13,30-31,33,36H,5,7,9-11H2,1H3,(H,28,35). The molecule has 1 amide bonds. The highest BCUT2D eigenvalue weighted by atomic mass is 33.1. The SMILES string of the molecule is COc1cccc2c1C(=O)c1c(O)c3c(c(O)c1C2=O)CC(C(=O)NCCSSc1ccc(NO)cn1)CC3. The zero-order valence-corrected chi connectivity index (χ0v) is 22.4. The molecule has 0 saturated heterocycles. The zero-order chi connectivity index (χ0) is 27.7. The molecule has 12 heteroatoms. The van der Waals surface area contributed by atoms with Crippen LogP contribution in [0.15, 0.2) is 41.6 Å². The predicted molar refractivity (Wildman–Crippen MR) is 146 cm³/mol. The van der Waals surface area contributed by atoms with Crippen LogP contribution in [0.25, 0.3) is 0 Å². The van der Waals surface area contributed by atoms with Gasteiger partial charge in [-0.3, -0.25) is 25.1 Å². The van der Waals surface area contributed by atoms with Crippen molar-refractivity contribution in [2.45, 2.75) is 24.3 Å². The van der Waals surface area contributed by atoms with E-state index in [-0.39, 0.29) is 58.3 Å². The minimum atomic E-state index is -0.584. The third kappa shape index (κ3) is 4.90. The molecule has 0 fully saturated rings. The molecule has 5 N–H and O–H groups in total. The molecule has 5 rings (SSSR count).